The summed E-state index contributed by atoms with van der Waals surface area (Å²) in [6, 6.07) is 2.95. The Morgan fingerprint density at radius 2 is 2.14 bits per heavy atom. The minimum absolute atomic E-state index is 0.184. The Morgan fingerprint density at radius 3 is 2.86 bits per heavy atom. The second-order valence-corrected chi connectivity index (χ2v) is 3.93. The van der Waals surface area contributed by atoms with Gasteiger partial charge in [-0.3, -0.25) is 4.79 Å². The second-order valence-electron chi connectivity index (χ2n) is 3.08. The highest BCUT2D eigenvalue weighted by atomic mass is 79.9. The molecule has 14 heavy (non-hydrogen) atoms. The van der Waals surface area contributed by atoms with E-state index in [2.05, 4.69) is 20.9 Å². The summed E-state index contributed by atoms with van der Waals surface area (Å²) in [4.78, 5) is 14.4. The van der Waals surface area contributed by atoms with Gasteiger partial charge >= 0.3 is 0 Å². The van der Waals surface area contributed by atoms with E-state index in [4.69, 9.17) is 0 Å². The third-order valence-corrected chi connectivity index (χ3v) is 2.74. The molecule has 0 saturated carbocycles. The predicted octanol–water partition coefficient (Wildman–Crippen LogP) is 2.74. The van der Waals surface area contributed by atoms with E-state index in [0.29, 0.717) is 9.86 Å². The molecule has 4 heteroatoms. The molecule has 0 atom stereocenters. The van der Waals surface area contributed by atoms with E-state index >= 15 is 0 Å². The van der Waals surface area contributed by atoms with Gasteiger partial charge in [0.05, 0.1) is 15.4 Å². The van der Waals surface area contributed by atoms with Gasteiger partial charge in [0, 0.05) is 6.20 Å². The number of benzene rings is 1. The maximum atomic E-state index is 13.3. The Morgan fingerprint density at radius 1 is 1.43 bits per heavy atom. The zero-order valence-corrected chi connectivity index (χ0v) is 8.98. The number of H-pyrrole nitrogens is 1. The highest BCUT2D eigenvalue weighted by Crippen LogP contribution is 2.17. The van der Waals surface area contributed by atoms with E-state index in [-0.39, 0.29) is 10.9 Å². The molecule has 2 rings (SSSR count). The molecule has 0 saturated heterocycles. The largest absolute Gasteiger partial charge is 0.357 e. The van der Waals surface area contributed by atoms with Gasteiger partial charge in [-0.05, 0) is 34.5 Å². The number of aryl methyl sites for hydroxylation is 1. The molecule has 0 aliphatic carbocycles. The van der Waals surface area contributed by atoms with Crippen LogP contribution in [-0.2, 0) is 0 Å². The number of aromatic nitrogens is 1. The van der Waals surface area contributed by atoms with Gasteiger partial charge in [-0.1, -0.05) is 6.07 Å². The third kappa shape index (κ3) is 1.26. The zero-order valence-electron chi connectivity index (χ0n) is 7.40. The van der Waals surface area contributed by atoms with Crippen molar-refractivity contribution < 1.29 is 4.39 Å². The molecule has 0 amide bonds. The Bertz CT molecular complexity index is 562. The van der Waals surface area contributed by atoms with Crippen molar-refractivity contribution in [1.29, 1.82) is 0 Å². The van der Waals surface area contributed by atoms with Crippen LogP contribution in [0.3, 0.4) is 0 Å². The van der Waals surface area contributed by atoms with Crippen molar-refractivity contribution in [2.75, 3.05) is 0 Å². The van der Waals surface area contributed by atoms with Crippen LogP contribution in [0.15, 0.2) is 27.6 Å². The van der Waals surface area contributed by atoms with E-state index in [1.54, 1.807) is 13.0 Å². The molecule has 0 bridgehead atoms. The first kappa shape index (κ1) is 9.40. The van der Waals surface area contributed by atoms with Gasteiger partial charge in [0.1, 0.15) is 5.82 Å². The van der Waals surface area contributed by atoms with Crippen molar-refractivity contribution in [3.05, 3.63) is 44.4 Å². The Hall–Kier alpha value is -1.16. The van der Waals surface area contributed by atoms with Gasteiger partial charge in [0.25, 0.3) is 0 Å². The molecule has 0 aliphatic rings. The number of nitrogens with one attached hydrogen (secondary N) is 1. The lowest BCUT2D eigenvalue weighted by Gasteiger charge is -2.02. The van der Waals surface area contributed by atoms with Gasteiger partial charge in [0.15, 0.2) is 0 Å². The number of aromatic amines is 1. The highest BCUT2D eigenvalue weighted by Gasteiger charge is 2.08. The summed E-state index contributed by atoms with van der Waals surface area (Å²) in [6.07, 6.45) is 1.45. The first-order valence-corrected chi connectivity index (χ1v) is 4.86. The molecule has 1 N–H and O–H groups in total. The monoisotopic (exact) mass is 255 g/mol. The van der Waals surface area contributed by atoms with Gasteiger partial charge < -0.3 is 4.98 Å². The Balaban J connectivity index is 3.09. The van der Waals surface area contributed by atoms with Crippen LogP contribution in [0.25, 0.3) is 10.9 Å². The van der Waals surface area contributed by atoms with Crippen LogP contribution in [0.2, 0.25) is 0 Å². The van der Waals surface area contributed by atoms with Crippen LogP contribution >= 0.6 is 15.9 Å². The standard InChI is InChI=1S/C10H7BrFNO/c1-5-2-3-7(12)9-8(5)10(14)6(11)4-13-9/h2-4H,1H3,(H,13,14). The number of hydrogen-bond donors (Lipinski definition) is 1. The van der Waals surface area contributed by atoms with Crippen molar-refractivity contribution >= 4 is 26.8 Å². The summed E-state index contributed by atoms with van der Waals surface area (Å²) < 4.78 is 13.7. The molecule has 0 radical (unpaired) electrons. The highest BCUT2D eigenvalue weighted by molar-refractivity contribution is 9.10. The van der Waals surface area contributed by atoms with Crippen molar-refractivity contribution in [3.63, 3.8) is 0 Å². The fourth-order valence-corrected chi connectivity index (χ4v) is 1.75. The summed E-state index contributed by atoms with van der Waals surface area (Å²) in [5.41, 5.74) is 0.845. The molecule has 2 nitrogen and oxygen atoms in total. The summed E-state index contributed by atoms with van der Waals surface area (Å²) >= 11 is 3.11. The van der Waals surface area contributed by atoms with E-state index in [9.17, 15) is 9.18 Å². The molecular formula is C10H7BrFNO. The van der Waals surface area contributed by atoms with Crippen molar-refractivity contribution in [3.8, 4) is 0 Å². The lowest BCUT2D eigenvalue weighted by molar-refractivity contribution is 0.636. The molecule has 72 valence electrons. The predicted molar refractivity (Wildman–Crippen MR) is 57.0 cm³/mol. The molecule has 0 spiro atoms. The smallest absolute Gasteiger partial charge is 0.203 e. The van der Waals surface area contributed by atoms with Gasteiger partial charge in [-0.2, -0.15) is 0 Å². The average molecular weight is 256 g/mol. The van der Waals surface area contributed by atoms with Crippen LogP contribution < -0.4 is 5.43 Å². The summed E-state index contributed by atoms with van der Waals surface area (Å²) in [6.45, 7) is 1.78. The molecule has 1 aromatic heterocycles. The number of rotatable bonds is 0. The van der Waals surface area contributed by atoms with Crippen molar-refractivity contribution in [2.45, 2.75) is 6.92 Å². The number of halogens is 2. The van der Waals surface area contributed by atoms with Crippen LogP contribution in [-0.4, -0.2) is 4.98 Å². The maximum Gasteiger partial charge on any atom is 0.203 e. The van der Waals surface area contributed by atoms with Crippen LogP contribution in [0.5, 0.6) is 0 Å². The maximum absolute atomic E-state index is 13.3. The summed E-state index contributed by atoms with van der Waals surface area (Å²) in [5, 5.41) is 0.402. The fraction of sp³-hybridized carbons (Fsp3) is 0.100. The Labute approximate surface area is 87.9 Å². The van der Waals surface area contributed by atoms with Crippen molar-refractivity contribution in [1.82, 2.24) is 4.98 Å². The minimum atomic E-state index is -0.407. The Kier molecular flexibility index (Phi) is 2.15. The van der Waals surface area contributed by atoms with Gasteiger partial charge in [0.2, 0.25) is 5.43 Å². The molecular weight excluding hydrogens is 249 g/mol. The van der Waals surface area contributed by atoms with Crippen LogP contribution in [0.4, 0.5) is 4.39 Å². The zero-order chi connectivity index (χ0) is 10.3. The number of hydrogen-bond acceptors (Lipinski definition) is 1. The first-order valence-electron chi connectivity index (χ1n) is 4.07. The second kappa shape index (κ2) is 3.20. The summed E-state index contributed by atoms with van der Waals surface area (Å²) in [7, 11) is 0. The average Bonchev–Trinajstić information content (AvgIpc) is 2.16. The van der Waals surface area contributed by atoms with E-state index in [1.165, 1.54) is 12.3 Å². The molecule has 1 heterocycles. The molecule has 0 unspecified atom stereocenters. The van der Waals surface area contributed by atoms with E-state index < -0.39 is 5.82 Å². The third-order valence-electron chi connectivity index (χ3n) is 2.15. The van der Waals surface area contributed by atoms with E-state index in [0.717, 1.165) is 5.56 Å². The van der Waals surface area contributed by atoms with Gasteiger partial charge in [-0.15, -0.1) is 0 Å². The van der Waals surface area contributed by atoms with E-state index in [1.807, 2.05) is 0 Å². The lowest BCUT2D eigenvalue weighted by atomic mass is 10.1. The minimum Gasteiger partial charge on any atom is -0.357 e. The topological polar surface area (TPSA) is 32.9 Å². The van der Waals surface area contributed by atoms with Crippen molar-refractivity contribution in [2.24, 2.45) is 0 Å². The molecule has 1 aromatic carbocycles. The lowest BCUT2D eigenvalue weighted by Crippen LogP contribution is -2.06. The quantitative estimate of drug-likeness (QED) is 0.772. The normalized spacial score (nSPS) is 10.8. The molecule has 0 aliphatic heterocycles. The summed E-state index contributed by atoms with van der Waals surface area (Å²) in [5.74, 6) is -0.407. The number of fused-ring (bicyclic) bond motifs is 1. The molecule has 2 aromatic rings. The SMILES string of the molecule is Cc1ccc(F)c2[nH]cc(Br)c(=O)c12. The molecule has 0 fully saturated rings. The van der Waals surface area contributed by atoms with Gasteiger partial charge in [-0.25, -0.2) is 4.39 Å². The van der Waals surface area contributed by atoms with Crippen LogP contribution in [0.1, 0.15) is 5.56 Å². The first-order chi connectivity index (χ1) is 6.61. The fourth-order valence-electron chi connectivity index (χ4n) is 1.44. The number of pyridine rings is 1. The van der Waals surface area contributed by atoms with Crippen LogP contribution in [0, 0.1) is 12.7 Å².